The molecule has 1 aromatic heterocycles. The molecule has 5 rings (SSSR count). The first-order valence-electron chi connectivity index (χ1n) is 12.0. The number of anilines is 1. The smallest absolute Gasteiger partial charge is 0.313 e. The number of benzene rings is 1. The lowest BCUT2D eigenvalue weighted by molar-refractivity contribution is -0.146. The maximum atomic E-state index is 13.1. The Morgan fingerprint density at radius 2 is 1.97 bits per heavy atom. The zero-order valence-electron chi connectivity index (χ0n) is 19.3. The molecule has 1 aromatic carbocycles. The molecule has 6 nitrogen and oxygen atoms in total. The second-order valence-corrected chi connectivity index (χ2v) is 10.4. The van der Waals surface area contributed by atoms with Gasteiger partial charge < -0.3 is 18.9 Å². The minimum Gasteiger partial charge on any atom is -0.491 e. The van der Waals surface area contributed by atoms with E-state index in [2.05, 4.69) is 23.9 Å². The van der Waals surface area contributed by atoms with Crippen molar-refractivity contribution in [1.82, 2.24) is 5.16 Å². The van der Waals surface area contributed by atoms with Gasteiger partial charge in [-0.05, 0) is 73.6 Å². The molecule has 7 heteroatoms. The van der Waals surface area contributed by atoms with Crippen LogP contribution in [0.3, 0.4) is 0 Å². The number of fused-ring (bicyclic) bond motifs is 1. The van der Waals surface area contributed by atoms with Gasteiger partial charge in [0.25, 0.3) is 0 Å². The van der Waals surface area contributed by atoms with Gasteiger partial charge in [0.2, 0.25) is 0 Å². The average Bonchev–Trinajstić information content (AvgIpc) is 3.72. The zero-order valence-corrected chi connectivity index (χ0v) is 20.0. The summed E-state index contributed by atoms with van der Waals surface area (Å²) in [6.45, 7) is 6.01. The lowest BCUT2D eigenvalue weighted by atomic mass is 9.90. The molecule has 2 aliphatic carbocycles. The first-order valence-corrected chi connectivity index (χ1v) is 12.4. The molecule has 0 amide bonds. The van der Waals surface area contributed by atoms with Crippen molar-refractivity contribution in [3.63, 3.8) is 0 Å². The Morgan fingerprint density at radius 3 is 2.70 bits per heavy atom. The van der Waals surface area contributed by atoms with Crippen LogP contribution in [0.1, 0.15) is 57.4 Å². The van der Waals surface area contributed by atoms with Crippen LogP contribution < -0.4 is 20.3 Å². The highest BCUT2D eigenvalue weighted by atomic mass is 35.5. The molecule has 2 saturated carbocycles. The van der Waals surface area contributed by atoms with Crippen LogP contribution in [0.15, 0.2) is 22.9 Å². The summed E-state index contributed by atoms with van der Waals surface area (Å²) in [5, 5.41) is 5.34. The van der Waals surface area contributed by atoms with E-state index in [0.717, 1.165) is 34.7 Å². The van der Waals surface area contributed by atoms with Crippen molar-refractivity contribution in [2.45, 2.75) is 51.9 Å². The molecule has 1 aliphatic heterocycles. The molecule has 0 bridgehead atoms. The number of nitrogens with zero attached hydrogens (tertiary/aromatic N) is 2. The molecule has 2 heterocycles. The van der Waals surface area contributed by atoms with Gasteiger partial charge in [-0.3, -0.25) is 4.79 Å². The van der Waals surface area contributed by atoms with E-state index >= 15 is 0 Å². The zero-order chi connectivity index (χ0) is 22.9. The van der Waals surface area contributed by atoms with E-state index < -0.39 is 0 Å². The lowest BCUT2D eigenvalue weighted by Gasteiger charge is -2.26. The number of rotatable bonds is 10. The molecule has 0 spiro atoms. The first kappa shape index (κ1) is 22.3. The summed E-state index contributed by atoms with van der Waals surface area (Å²) < 4.78 is 17.3. The molecule has 1 atom stereocenters. The van der Waals surface area contributed by atoms with Crippen molar-refractivity contribution < 1.29 is 18.8 Å². The third kappa shape index (κ3) is 5.37. The molecule has 2 aromatic rings. The number of ether oxygens (including phenoxy) is 2. The van der Waals surface area contributed by atoms with Gasteiger partial charge in [-0.1, -0.05) is 30.6 Å². The van der Waals surface area contributed by atoms with Crippen LogP contribution >= 0.6 is 11.6 Å². The fourth-order valence-corrected chi connectivity index (χ4v) is 4.49. The van der Waals surface area contributed by atoms with Gasteiger partial charge in [-0.25, -0.2) is 0 Å². The van der Waals surface area contributed by atoms with E-state index in [1.54, 1.807) is 6.20 Å². The number of hydrogen-bond donors (Lipinski definition) is 0. The number of esters is 1. The Balaban J connectivity index is 1.48. The first-order chi connectivity index (χ1) is 16.0. The van der Waals surface area contributed by atoms with Crippen LogP contribution in [0.5, 0.6) is 5.75 Å². The third-order valence-corrected chi connectivity index (χ3v) is 6.75. The second kappa shape index (κ2) is 9.41. The molecule has 0 N–H and O–H groups in total. The van der Waals surface area contributed by atoms with Gasteiger partial charge in [0, 0.05) is 12.7 Å². The van der Waals surface area contributed by atoms with Crippen molar-refractivity contribution in [3.8, 4) is 5.75 Å². The summed E-state index contributed by atoms with van der Waals surface area (Å²) in [6.07, 6.45) is 11.0. The molecular weight excluding hydrogens is 440 g/mol. The second-order valence-electron chi connectivity index (χ2n) is 9.99. The van der Waals surface area contributed by atoms with Gasteiger partial charge in [-0.15, -0.1) is 0 Å². The van der Waals surface area contributed by atoms with Crippen molar-refractivity contribution in [3.05, 3.63) is 39.5 Å². The van der Waals surface area contributed by atoms with E-state index in [0.29, 0.717) is 54.7 Å². The summed E-state index contributed by atoms with van der Waals surface area (Å²) in [6, 6.07) is 3.90. The predicted molar refractivity (Wildman–Crippen MR) is 128 cm³/mol. The van der Waals surface area contributed by atoms with Crippen LogP contribution in [0.4, 0.5) is 5.69 Å². The fourth-order valence-electron chi connectivity index (χ4n) is 4.17. The van der Waals surface area contributed by atoms with Gasteiger partial charge >= 0.3 is 5.97 Å². The van der Waals surface area contributed by atoms with Crippen LogP contribution in [0.2, 0.25) is 5.02 Å². The summed E-state index contributed by atoms with van der Waals surface area (Å²) in [5.41, 5.74) is 2.42. The Kier molecular flexibility index (Phi) is 6.37. The van der Waals surface area contributed by atoms with Crippen molar-refractivity contribution in [1.29, 1.82) is 0 Å². The highest BCUT2D eigenvalue weighted by Gasteiger charge is 2.30. The van der Waals surface area contributed by atoms with Crippen LogP contribution in [-0.4, -0.2) is 30.9 Å². The summed E-state index contributed by atoms with van der Waals surface area (Å²) >= 11 is 6.88. The quantitative estimate of drug-likeness (QED) is 0.484. The largest absolute Gasteiger partial charge is 0.491 e. The molecule has 1 unspecified atom stereocenters. The normalized spacial score (nSPS) is 18.4. The van der Waals surface area contributed by atoms with E-state index in [9.17, 15) is 4.79 Å². The molecule has 176 valence electrons. The Labute approximate surface area is 199 Å². The molecule has 3 aliphatic rings. The average molecular weight is 471 g/mol. The van der Waals surface area contributed by atoms with Gasteiger partial charge in [0.1, 0.15) is 11.4 Å². The predicted octanol–water partition coefficient (Wildman–Crippen LogP) is 4.24. The van der Waals surface area contributed by atoms with E-state index in [1.165, 1.54) is 12.8 Å². The Morgan fingerprint density at radius 1 is 1.21 bits per heavy atom. The summed E-state index contributed by atoms with van der Waals surface area (Å²) in [4.78, 5) is 15.1. The van der Waals surface area contributed by atoms with E-state index in [1.807, 2.05) is 24.4 Å². The van der Waals surface area contributed by atoms with Crippen LogP contribution in [0.25, 0.3) is 12.3 Å². The lowest BCUT2D eigenvalue weighted by Crippen LogP contribution is -2.33. The number of carbonyl (C=O) groups excluding carboxylic acids is 1. The third-order valence-electron chi connectivity index (χ3n) is 6.46. The van der Waals surface area contributed by atoms with Crippen molar-refractivity contribution >= 4 is 35.5 Å². The maximum absolute atomic E-state index is 13.1. The highest BCUT2D eigenvalue weighted by molar-refractivity contribution is 6.34. The van der Waals surface area contributed by atoms with Crippen molar-refractivity contribution in [2.24, 2.45) is 17.8 Å². The van der Waals surface area contributed by atoms with Crippen LogP contribution in [-0.2, 0) is 9.53 Å². The minimum absolute atomic E-state index is 0.167. The topological polar surface area (TPSA) is 64.8 Å². The molecule has 0 saturated heterocycles. The summed E-state index contributed by atoms with van der Waals surface area (Å²) in [7, 11) is 0. The molecule has 33 heavy (non-hydrogen) atoms. The van der Waals surface area contributed by atoms with E-state index in [4.69, 9.17) is 25.6 Å². The number of hydrogen-bond acceptors (Lipinski definition) is 6. The van der Waals surface area contributed by atoms with E-state index in [-0.39, 0.29) is 11.9 Å². The van der Waals surface area contributed by atoms with Gasteiger partial charge in [0.15, 0.2) is 5.42 Å². The molecule has 2 fully saturated rings. The van der Waals surface area contributed by atoms with Crippen molar-refractivity contribution in [2.75, 3.05) is 24.7 Å². The number of aromatic nitrogens is 1. The SMILES string of the molecule is CC(C)CC(C(=O)OCC1CC1)c1cc(Cl)c(N2C=c3cnoc3=CC2)c(OCC2CC2)c1. The monoisotopic (exact) mass is 470 g/mol. The number of halogens is 1. The summed E-state index contributed by atoms with van der Waals surface area (Å²) in [5.74, 6) is 1.65. The molecule has 0 radical (unpaired) electrons. The maximum Gasteiger partial charge on any atom is 0.313 e. The minimum atomic E-state index is -0.361. The van der Waals surface area contributed by atoms with Crippen LogP contribution in [0, 0.1) is 17.8 Å². The molecular formula is C26H31ClN2O4. The number of carbonyl (C=O) groups is 1. The highest BCUT2D eigenvalue weighted by Crippen LogP contribution is 2.42. The van der Waals surface area contributed by atoms with Gasteiger partial charge in [-0.2, -0.15) is 0 Å². The van der Waals surface area contributed by atoms with Gasteiger partial charge in [0.05, 0.1) is 35.6 Å². The Bertz CT molecular complexity index is 1130. The standard InChI is InChI=1S/C26H31ClN2O4/c1-16(2)9-21(26(30)32-15-18-5-6-18)19-10-22(27)25(24(11-19)31-14-17-3-4-17)29-8-7-23-20(13-29)12-28-33-23/h7,10-13,16-18,21H,3-6,8-9,14-15H2,1-2H3. The fraction of sp³-hybridized carbons (Fsp3) is 0.538. The Hall–Kier alpha value is -2.47.